The molecule has 1 atom stereocenters. The summed E-state index contributed by atoms with van der Waals surface area (Å²) in [4.78, 5) is 0. The fourth-order valence-electron chi connectivity index (χ4n) is 1.78. The fourth-order valence-corrected chi connectivity index (χ4v) is 2.61. The zero-order valence-corrected chi connectivity index (χ0v) is 12.2. The predicted molar refractivity (Wildman–Crippen MR) is 79.3 cm³/mol. The summed E-state index contributed by atoms with van der Waals surface area (Å²) in [6.45, 7) is 2.03. The largest absolute Gasteiger partial charge is 0.508 e. The number of aromatic hydroxyl groups is 1. The van der Waals surface area contributed by atoms with E-state index in [0.29, 0.717) is 5.02 Å². The standard InChI is InChI=1S/C14H13BrClNO/c1-9(13-6-5-10(15)7-14(13)16)17-11-3-2-4-12(18)8-11/h2-9,17-18H,1H3. The van der Waals surface area contributed by atoms with Gasteiger partial charge in [0.1, 0.15) is 5.75 Å². The smallest absolute Gasteiger partial charge is 0.117 e. The minimum Gasteiger partial charge on any atom is -0.508 e. The number of halogens is 2. The Bertz CT molecular complexity index is 559. The molecule has 0 heterocycles. The minimum atomic E-state index is 0.0624. The van der Waals surface area contributed by atoms with Crippen LogP contribution >= 0.6 is 27.5 Å². The molecule has 2 N–H and O–H groups in total. The Morgan fingerprint density at radius 2 is 2.00 bits per heavy atom. The molecule has 94 valence electrons. The van der Waals surface area contributed by atoms with E-state index in [-0.39, 0.29) is 11.8 Å². The molecule has 0 aliphatic carbocycles. The van der Waals surface area contributed by atoms with Gasteiger partial charge in [-0.3, -0.25) is 0 Å². The van der Waals surface area contributed by atoms with Gasteiger partial charge in [-0.05, 0) is 36.8 Å². The third-order valence-electron chi connectivity index (χ3n) is 2.66. The molecule has 2 nitrogen and oxygen atoms in total. The lowest BCUT2D eigenvalue weighted by molar-refractivity contribution is 0.475. The Morgan fingerprint density at radius 3 is 2.67 bits per heavy atom. The number of hydrogen-bond donors (Lipinski definition) is 2. The second-order valence-electron chi connectivity index (χ2n) is 4.08. The molecule has 0 amide bonds. The Balaban J connectivity index is 2.19. The predicted octanol–water partition coefficient (Wildman–Crippen LogP) is 4.98. The topological polar surface area (TPSA) is 32.3 Å². The summed E-state index contributed by atoms with van der Waals surface area (Å²) in [5.41, 5.74) is 1.88. The first-order valence-corrected chi connectivity index (χ1v) is 6.74. The van der Waals surface area contributed by atoms with Crippen molar-refractivity contribution in [3.8, 4) is 5.75 Å². The van der Waals surface area contributed by atoms with Crippen molar-refractivity contribution < 1.29 is 5.11 Å². The van der Waals surface area contributed by atoms with Gasteiger partial charge in [-0.15, -0.1) is 0 Å². The average molecular weight is 327 g/mol. The zero-order chi connectivity index (χ0) is 13.1. The second-order valence-corrected chi connectivity index (χ2v) is 5.41. The Morgan fingerprint density at radius 1 is 1.22 bits per heavy atom. The number of nitrogens with one attached hydrogen (secondary N) is 1. The van der Waals surface area contributed by atoms with Crippen molar-refractivity contribution in [2.24, 2.45) is 0 Å². The van der Waals surface area contributed by atoms with Gasteiger partial charge in [0.05, 0.1) is 0 Å². The lowest BCUT2D eigenvalue weighted by Crippen LogP contribution is -2.07. The number of rotatable bonds is 3. The van der Waals surface area contributed by atoms with E-state index < -0.39 is 0 Å². The second kappa shape index (κ2) is 5.63. The average Bonchev–Trinajstić information content (AvgIpc) is 2.28. The molecule has 0 aromatic heterocycles. The quantitative estimate of drug-likeness (QED) is 0.833. The molecule has 4 heteroatoms. The van der Waals surface area contributed by atoms with Crippen LogP contribution in [0.4, 0.5) is 5.69 Å². The van der Waals surface area contributed by atoms with Gasteiger partial charge in [-0.2, -0.15) is 0 Å². The van der Waals surface area contributed by atoms with Crippen LogP contribution in [0.1, 0.15) is 18.5 Å². The van der Waals surface area contributed by atoms with E-state index in [2.05, 4.69) is 21.2 Å². The Kier molecular flexibility index (Phi) is 4.15. The van der Waals surface area contributed by atoms with E-state index in [0.717, 1.165) is 15.7 Å². The van der Waals surface area contributed by atoms with Crippen LogP contribution in [0.3, 0.4) is 0 Å². The van der Waals surface area contributed by atoms with E-state index in [4.69, 9.17) is 11.6 Å². The molecule has 1 unspecified atom stereocenters. The van der Waals surface area contributed by atoms with Crippen molar-refractivity contribution >= 4 is 33.2 Å². The molecule has 0 saturated carbocycles. The number of hydrogen-bond acceptors (Lipinski definition) is 2. The van der Waals surface area contributed by atoms with E-state index >= 15 is 0 Å². The van der Waals surface area contributed by atoms with Crippen LogP contribution in [-0.2, 0) is 0 Å². The van der Waals surface area contributed by atoms with E-state index in [1.54, 1.807) is 18.2 Å². The molecule has 0 spiro atoms. The number of anilines is 1. The monoisotopic (exact) mass is 325 g/mol. The van der Waals surface area contributed by atoms with Gasteiger partial charge < -0.3 is 10.4 Å². The van der Waals surface area contributed by atoms with Crippen LogP contribution in [0, 0.1) is 0 Å². The minimum absolute atomic E-state index is 0.0624. The summed E-state index contributed by atoms with van der Waals surface area (Å²) >= 11 is 9.59. The SMILES string of the molecule is CC(Nc1cccc(O)c1)c1ccc(Br)cc1Cl. The first-order chi connectivity index (χ1) is 8.56. The third-order valence-corrected chi connectivity index (χ3v) is 3.48. The molecule has 2 aromatic carbocycles. The molecule has 0 fully saturated rings. The molecule has 18 heavy (non-hydrogen) atoms. The number of phenolic OH excluding ortho intramolecular Hbond substituents is 1. The highest BCUT2D eigenvalue weighted by atomic mass is 79.9. The lowest BCUT2D eigenvalue weighted by atomic mass is 10.1. The van der Waals surface area contributed by atoms with E-state index in [1.807, 2.05) is 31.2 Å². The van der Waals surface area contributed by atoms with Gasteiger partial charge in [0, 0.05) is 27.3 Å². The molecular weight excluding hydrogens is 314 g/mol. The third kappa shape index (κ3) is 3.18. The van der Waals surface area contributed by atoms with Gasteiger partial charge in [-0.25, -0.2) is 0 Å². The van der Waals surface area contributed by atoms with Gasteiger partial charge in [0.25, 0.3) is 0 Å². The molecular formula is C14H13BrClNO. The molecule has 0 bridgehead atoms. The number of benzene rings is 2. The van der Waals surface area contributed by atoms with Crippen molar-refractivity contribution in [2.75, 3.05) is 5.32 Å². The molecule has 0 radical (unpaired) electrons. The summed E-state index contributed by atoms with van der Waals surface area (Å²) in [5, 5.41) is 13.4. The molecule has 0 aliphatic rings. The summed E-state index contributed by atoms with van der Waals surface area (Å²) in [7, 11) is 0. The van der Waals surface area contributed by atoms with Crippen LogP contribution in [-0.4, -0.2) is 5.11 Å². The van der Waals surface area contributed by atoms with E-state index in [1.165, 1.54) is 0 Å². The summed E-state index contributed by atoms with van der Waals surface area (Å²) in [6.07, 6.45) is 0. The van der Waals surface area contributed by atoms with Crippen LogP contribution in [0.5, 0.6) is 5.75 Å². The highest BCUT2D eigenvalue weighted by Crippen LogP contribution is 2.29. The van der Waals surface area contributed by atoms with E-state index in [9.17, 15) is 5.11 Å². The molecule has 2 rings (SSSR count). The van der Waals surface area contributed by atoms with Gasteiger partial charge in [0.15, 0.2) is 0 Å². The fraction of sp³-hybridized carbons (Fsp3) is 0.143. The summed E-state index contributed by atoms with van der Waals surface area (Å²) in [5.74, 6) is 0.245. The van der Waals surface area contributed by atoms with Crippen LogP contribution in [0.2, 0.25) is 5.02 Å². The van der Waals surface area contributed by atoms with Crippen molar-refractivity contribution in [3.05, 3.63) is 57.5 Å². The normalized spacial score (nSPS) is 12.2. The summed E-state index contributed by atoms with van der Waals surface area (Å²) in [6, 6.07) is 12.9. The van der Waals surface area contributed by atoms with Crippen LogP contribution < -0.4 is 5.32 Å². The van der Waals surface area contributed by atoms with Crippen LogP contribution in [0.25, 0.3) is 0 Å². The Hall–Kier alpha value is -1.19. The number of phenols is 1. The van der Waals surface area contributed by atoms with Crippen molar-refractivity contribution in [1.29, 1.82) is 0 Å². The van der Waals surface area contributed by atoms with Crippen molar-refractivity contribution in [3.63, 3.8) is 0 Å². The van der Waals surface area contributed by atoms with Crippen molar-refractivity contribution in [1.82, 2.24) is 0 Å². The van der Waals surface area contributed by atoms with Crippen LogP contribution in [0.15, 0.2) is 46.9 Å². The summed E-state index contributed by atoms with van der Waals surface area (Å²) < 4.78 is 0.959. The molecule has 2 aromatic rings. The van der Waals surface area contributed by atoms with Gasteiger partial charge in [0.2, 0.25) is 0 Å². The first kappa shape index (κ1) is 13.2. The first-order valence-electron chi connectivity index (χ1n) is 5.57. The van der Waals surface area contributed by atoms with Gasteiger partial charge in [-0.1, -0.05) is 39.7 Å². The maximum atomic E-state index is 9.42. The highest BCUT2D eigenvalue weighted by Gasteiger charge is 2.10. The zero-order valence-electron chi connectivity index (χ0n) is 9.82. The van der Waals surface area contributed by atoms with Gasteiger partial charge >= 0.3 is 0 Å². The maximum absolute atomic E-state index is 9.42. The maximum Gasteiger partial charge on any atom is 0.117 e. The Labute approximate surface area is 120 Å². The molecule has 0 aliphatic heterocycles. The van der Waals surface area contributed by atoms with Crippen molar-refractivity contribution in [2.45, 2.75) is 13.0 Å². The lowest BCUT2D eigenvalue weighted by Gasteiger charge is -2.17. The highest BCUT2D eigenvalue weighted by molar-refractivity contribution is 9.10. The molecule has 0 saturated heterocycles.